The molecular formula is C21H21NO4. The SMILES string of the molecule is O=C1CCC[C@H]([C@H](NC(=O)c2ccc(-c3ccccc3)cc2)C(=O)O)C1. The minimum Gasteiger partial charge on any atom is -0.480 e. The van der Waals surface area contributed by atoms with E-state index in [2.05, 4.69) is 5.32 Å². The molecule has 26 heavy (non-hydrogen) atoms. The van der Waals surface area contributed by atoms with E-state index in [-0.39, 0.29) is 18.1 Å². The number of aliphatic carboxylic acids is 1. The average Bonchev–Trinajstić information content (AvgIpc) is 2.66. The van der Waals surface area contributed by atoms with E-state index in [0.717, 1.165) is 11.1 Å². The Morgan fingerprint density at radius 2 is 1.65 bits per heavy atom. The normalized spacial score (nSPS) is 18.2. The minimum absolute atomic E-state index is 0.0639. The standard InChI is InChI=1S/C21H21NO4/c23-18-8-4-7-17(13-18)19(21(25)26)22-20(24)16-11-9-15(10-12-16)14-5-2-1-3-6-14/h1-3,5-6,9-12,17,19H,4,7-8,13H2,(H,22,24)(H,25,26)/t17-,19-/m0/s1. The Kier molecular flexibility index (Phi) is 5.46. The number of carbonyl (C=O) groups excluding carboxylic acids is 2. The zero-order chi connectivity index (χ0) is 18.5. The van der Waals surface area contributed by atoms with Gasteiger partial charge in [0, 0.05) is 18.4 Å². The number of benzene rings is 2. The molecule has 0 radical (unpaired) electrons. The Bertz CT molecular complexity index is 799. The lowest BCUT2D eigenvalue weighted by Gasteiger charge is -2.27. The molecule has 3 rings (SSSR count). The predicted octanol–water partition coefficient (Wildman–Crippen LogP) is 3.30. The third-order valence-electron chi connectivity index (χ3n) is 4.80. The Morgan fingerprint density at radius 3 is 2.27 bits per heavy atom. The van der Waals surface area contributed by atoms with Crippen molar-refractivity contribution in [2.75, 3.05) is 0 Å². The van der Waals surface area contributed by atoms with Crippen LogP contribution in [0.3, 0.4) is 0 Å². The first-order chi connectivity index (χ1) is 12.5. The lowest BCUT2D eigenvalue weighted by molar-refractivity contribution is -0.141. The lowest BCUT2D eigenvalue weighted by atomic mass is 9.83. The highest BCUT2D eigenvalue weighted by Crippen LogP contribution is 2.25. The minimum atomic E-state index is -1.10. The molecule has 1 fully saturated rings. The summed E-state index contributed by atoms with van der Waals surface area (Å²) in [6, 6.07) is 15.8. The molecular weight excluding hydrogens is 330 g/mol. The molecule has 0 unspecified atom stereocenters. The number of hydrogen-bond acceptors (Lipinski definition) is 3. The molecule has 1 saturated carbocycles. The van der Waals surface area contributed by atoms with Crippen LogP contribution in [0.15, 0.2) is 54.6 Å². The van der Waals surface area contributed by atoms with Crippen LogP contribution in [-0.2, 0) is 9.59 Å². The quantitative estimate of drug-likeness (QED) is 0.866. The van der Waals surface area contributed by atoms with Gasteiger partial charge in [0.25, 0.3) is 5.91 Å². The Hall–Kier alpha value is -2.95. The maximum absolute atomic E-state index is 12.5. The number of carboxylic acid groups (broad SMARTS) is 1. The number of carboxylic acids is 1. The van der Waals surface area contributed by atoms with Crippen molar-refractivity contribution in [2.45, 2.75) is 31.7 Å². The topological polar surface area (TPSA) is 83.5 Å². The van der Waals surface area contributed by atoms with Crippen molar-refractivity contribution in [1.82, 2.24) is 5.32 Å². The highest BCUT2D eigenvalue weighted by Gasteiger charge is 2.33. The number of nitrogens with one attached hydrogen (secondary N) is 1. The van der Waals surface area contributed by atoms with Crippen molar-refractivity contribution >= 4 is 17.7 Å². The summed E-state index contributed by atoms with van der Waals surface area (Å²) < 4.78 is 0. The highest BCUT2D eigenvalue weighted by molar-refractivity contribution is 5.97. The molecule has 5 nitrogen and oxygen atoms in total. The Labute approximate surface area is 152 Å². The van der Waals surface area contributed by atoms with Gasteiger partial charge in [-0.1, -0.05) is 42.5 Å². The number of ketones is 1. The summed E-state index contributed by atoms with van der Waals surface area (Å²) in [5.41, 5.74) is 2.43. The zero-order valence-electron chi connectivity index (χ0n) is 14.4. The first-order valence-corrected chi connectivity index (χ1v) is 8.75. The van der Waals surface area contributed by atoms with E-state index in [9.17, 15) is 19.5 Å². The van der Waals surface area contributed by atoms with Gasteiger partial charge in [-0.3, -0.25) is 9.59 Å². The Balaban J connectivity index is 1.71. The first-order valence-electron chi connectivity index (χ1n) is 8.75. The largest absolute Gasteiger partial charge is 0.480 e. The molecule has 2 aromatic carbocycles. The summed E-state index contributed by atoms with van der Waals surface area (Å²) in [6.45, 7) is 0. The van der Waals surface area contributed by atoms with Crippen molar-refractivity contribution in [2.24, 2.45) is 5.92 Å². The van der Waals surface area contributed by atoms with E-state index in [1.807, 2.05) is 42.5 Å². The fourth-order valence-electron chi connectivity index (χ4n) is 3.39. The van der Waals surface area contributed by atoms with Gasteiger partial charge in [-0.15, -0.1) is 0 Å². The molecule has 5 heteroatoms. The number of Topliss-reactive ketones (excluding diaryl/α,β-unsaturated/α-hetero) is 1. The second-order valence-electron chi connectivity index (χ2n) is 6.63. The fourth-order valence-corrected chi connectivity index (χ4v) is 3.39. The molecule has 2 aromatic rings. The van der Waals surface area contributed by atoms with E-state index >= 15 is 0 Å². The Morgan fingerprint density at radius 1 is 1.00 bits per heavy atom. The van der Waals surface area contributed by atoms with Gasteiger partial charge in [0.2, 0.25) is 0 Å². The smallest absolute Gasteiger partial charge is 0.326 e. The van der Waals surface area contributed by atoms with Crippen LogP contribution in [0.4, 0.5) is 0 Å². The number of amides is 1. The zero-order valence-corrected chi connectivity index (χ0v) is 14.4. The van der Waals surface area contributed by atoms with Crippen LogP contribution in [0.5, 0.6) is 0 Å². The van der Waals surface area contributed by atoms with Gasteiger partial charge in [0.05, 0.1) is 0 Å². The van der Waals surface area contributed by atoms with Gasteiger partial charge in [-0.2, -0.15) is 0 Å². The molecule has 0 heterocycles. The predicted molar refractivity (Wildman–Crippen MR) is 97.7 cm³/mol. The van der Waals surface area contributed by atoms with Gasteiger partial charge in [-0.25, -0.2) is 4.79 Å². The van der Waals surface area contributed by atoms with Crippen molar-refractivity contribution in [3.8, 4) is 11.1 Å². The van der Waals surface area contributed by atoms with Crippen LogP contribution >= 0.6 is 0 Å². The van der Waals surface area contributed by atoms with E-state index in [0.29, 0.717) is 24.8 Å². The van der Waals surface area contributed by atoms with Crippen LogP contribution in [-0.4, -0.2) is 28.8 Å². The molecule has 0 aliphatic heterocycles. The molecule has 0 aromatic heterocycles. The van der Waals surface area contributed by atoms with Crippen molar-refractivity contribution in [3.05, 3.63) is 60.2 Å². The molecule has 0 spiro atoms. The summed E-state index contributed by atoms with van der Waals surface area (Å²) in [7, 11) is 0. The molecule has 1 aliphatic carbocycles. The summed E-state index contributed by atoms with van der Waals surface area (Å²) in [6.07, 6.45) is 2.02. The molecule has 134 valence electrons. The van der Waals surface area contributed by atoms with Crippen LogP contribution in [0.1, 0.15) is 36.0 Å². The van der Waals surface area contributed by atoms with E-state index in [1.165, 1.54) is 0 Å². The molecule has 0 saturated heterocycles. The van der Waals surface area contributed by atoms with Gasteiger partial charge < -0.3 is 10.4 Å². The lowest BCUT2D eigenvalue weighted by Crippen LogP contribution is -2.47. The third-order valence-corrected chi connectivity index (χ3v) is 4.80. The van der Waals surface area contributed by atoms with E-state index in [1.54, 1.807) is 12.1 Å². The maximum atomic E-state index is 12.5. The molecule has 2 N–H and O–H groups in total. The van der Waals surface area contributed by atoms with Crippen LogP contribution in [0.25, 0.3) is 11.1 Å². The van der Waals surface area contributed by atoms with Crippen LogP contribution in [0, 0.1) is 5.92 Å². The summed E-state index contributed by atoms with van der Waals surface area (Å²) >= 11 is 0. The number of hydrogen-bond donors (Lipinski definition) is 2. The summed E-state index contributed by atoms with van der Waals surface area (Å²) in [5.74, 6) is -1.82. The summed E-state index contributed by atoms with van der Waals surface area (Å²) in [5, 5.41) is 12.1. The molecule has 1 amide bonds. The van der Waals surface area contributed by atoms with Crippen LogP contribution in [0.2, 0.25) is 0 Å². The van der Waals surface area contributed by atoms with Crippen molar-refractivity contribution < 1.29 is 19.5 Å². The second kappa shape index (κ2) is 7.95. The van der Waals surface area contributed by atoms with E-state index in [4.69, 9.17) is 0 Å². The van der Waals surface area contributed by atoms with Gasteiger partial charge in [0.15, 0.2) is 0 Å². The van der Waals surface area contributed by atoms with Gasteiger partial charge in [0.1, 0.15) is 11.8 Å². The fraction of sp³-hybridized carbons (Fsp3) is 0.286. The summed E-state index contributed by atoms with van der Waals surface area (Å²) in [4.78, 5) is 35.7. The van der Waals surface area contributed by atoms with E-state index < -0.39 is 17.9 Å². The number of carbonyl (C=O) groups is 3. The highest BCUT2D eigenvalue weighted by atomic mass is 16.4. The van der Waals surface area contributed by atoms with Crippen molar-refractivity contribution in [3.63, 3.8) is 0 Å². The maximum Gasteiger partial charge on any atom is 0.326 e. The molecule has 0 bridgehead atoms. The molecule has 2 atom stereocenters. The van der Waals surface area contributed by atoms with Gasteiger partial charge in [-0.05, 0) is 42.0 Å². The van der Waals surface area contributed by atoms with Gasteiger partial charge >= 0.3 is 5.97 Å². The second-order valence-corrected chi connectivity index (χ2v) is 6.63. The first kappa shape index (κ1) is 17.9. The van der Waals surface area contributed by atoms with Crippen molar-refractivity contribution in [1.29, 1.82) is 0 Å². The average molecular weight is 351 g/mol. The monoisotopic (exact) mass is 351 g/mol. The van der Waals surface area contributed by atoms with Crippen LogP contribution < -0.4 is 5.32 Å². The number of rotatable bonds is 5. The third kappa shape index (κ3) is 4.17. The molecule has 1 aliphatic rings.